The van der Waals surface area contributed by atoms with Crippen LogP contribution >= 0.6 is 0 Å². The zero-order chi connectivity index (χ0) is 14.4. The van der Waals surface area contributed by atoms with E-state index in [9.17, 15) is 13.6 Å². The van der Waals surface area contributed by atoms with Crippen LogP contribution in [0.4, 0.5) is 8.78 Å². The normalized spacial score (nSPS) is 10.8. The molecule has 0 saturated heterocycles. The van der Waals surface area contributed by atoms with Gasteiger partial charge in [0.1, 0.15) is 17.2 Å². The first-order valence-corrected chi connectivity index (χ1v) is 6.42. The minimum absolute atomic E-state index is 0.0684. The highest BCUT2D eigenvalue weighted by atomic mass is 19.1. The number of carbonyl (C=O) groups is 1. The molecule has 5 heteroatoms. The number of aliphatic hydroxyl groups excluding tert-OH is 1. The summed E-state index contributed by atoms with van der Waals surface area (Å²) in [5.41, 5.74) is -0.553. The Bertz CT molecular complexity index is 413. The van der Waals surface area contributed by atoms with Gasteiger partial charge in [0.25, 0.3) is 5.91 Å². The summed E-state index contributed by atoms with van der Waals surface area (Å²) in [5, 5.41) is 9.03. The number of carbonyl (C=O) groups excluding carboxylic acids is 1. The maximum Gasteiger partial charge on any atom is 0.260 e. The van der Waals surface area contributed by atoms with E-state index in [0.29, 0.717) is 12.8 Å². The molecule has 0 saturated carbocycles. The van der Waals surface area contributed by atoms with E-state index in [1.807, 2.05) is 13.8 Å². The lowest BCUT2D eigenvalue weighted by molar-refractivity contribution is 0.0612. The van der Waals surface area contributed by atoms with Gasteiger partial charge in [0.2, 0.25) is 0 Å². The number of amides is 1. The molecule has 0 heterocycles. The van der Waals surface area contributed by atoms with E-state index in [1.54, 1.807) is 0 Å². The first kappa shape index (κ1) is 15.6. The second-order valence-electron chi connectivity index (χ2n) is 4.29. The Morgan fingerprint density at radius 2 is 1.79 bits per heavy atom. The molecule has 0 aliphatic rings. The number of hydrogen-bond acceptors (Lipinski definition) is 2. The van der Waals surface area contributed by atoms with Crippen LogP contribution in [0.25, 0.3) is 0 Å². The molecular formula is C14H19F2NO2. The van der Waals surface area contributed by atoms with Crippen LogP contribution in [0.5, 0.6) is 0 Å². The summed E-state index contributed by atoms with van der Waals surface area (Å²) in [4.78, 5) is 13.6. The fourth-order valence-electron chi connectivity index (χ4n) is 2.13. The maximum atomic E-state index is 13.6. The summed E-state index contributed by atoms with van der Waals surface area (Å²) < 4.78 is 27.2. The fraction of sp³-hybridized carbons (Fsp3) is 0.500. The van der Waals surface area contributed by atoms with E-state index in [-0.39, 0.29) is 19.2 Å². The van der Waals surface area contributed by atoms with Gasteiger partial charge in [-0.05, 0) is 25.0 Å². The second-order valence-corrected chi connectivity index (χ2v) is 4.29. The molecule has 0 bridgehead atoms. The SMILES string of the molecule is CCC(CC)N(CCO)C(=O)c1c(F)cccc1F. The van der Waals surface area contributed by atoms with Crippen molar-refractivity contribution >= 4 is 5.91 Å². The average molecular weight is 271 g/mol. The third-order valence-corrected chi connectivity index (χ3v) is 3.16. The number of rotatable bonds is 6. The van der Waals surface area contributed by atoms with E-state index in [2.05, 4.69) is 0 Å². The van der Waals surface area contributed by atoms with Crippen molar-refractivity contribution < 1.29 is 18.7 Å². The molecule has 0 aromatic heterocycles. The highest BCUT2D eigenvalue weighted by Crippen LogP contribution is 2.18. The molecule has 1 aromatic carbocycles. The molecule has 0 atom stereocenters. The first-order chi connectivity index (χ1) is 9.06. The Morgan fingerprint density at radius 1 is 1.26 bits per heavy atom. The predicted molar refractivity (Wildman–Crippen MR) is 68.9 cm³/mol. The van der Waals surface area contributed by atoms with Gasteiger partial charge in [-0.15, -0.1) is 0 Å². The van der Waals surface area contributed by atoms with E-state index in [0.717, 1.165) is 12.1 Å². The third kappa shape index (κ3) is 3.50. The molecule has 106 valence electrons. The molecule has 3 nitrogen and oxygen atoms in total. The highest BCUT2D eigenvalue weighted by molar-refractivity contribution is 5.95. The number of benzene rings is 1. The van der Waals surface area contributed by atoms with Crippen LogP contribution in [0.2, 0.25) is 0 Å². The maximum absolute atomic E-state index is 13.6. The van der Waals surface area contributed by atoms with Crippen molar-refractivity contribution in [2.45, 2.75) is 32.7 Å². The molecule has 0 aliphatic carbocycles. The van der Waals surface area contributed by atoms with Crippen molar-refractivity contribution in [2.24, 2.45) is 0 Å². The van der Waals surface area contributed by atoms with Crippen molar-refractivity contribution in [1.29, 1.82) is 0 Å². The first-order valence-electron chi connectivity index (χ1n) is 6.42. The number of aliphatic hydroxyl groups is 1. The minimum atomic E-state index is -0.876. The number of nitrogens with zero attached hydrogens (tertiary/aromatic N) is 1. The molecule has 0 fully saturated rings. The Morgan fingerprint density at radius 3 is 2.21 bits per heavy atom. The quantitative estimate of drug-likeness (QED) is 0.864. The molecule has 0 aliphatic heterocycles. The van der Waals surface area contributed by atoms with Crippen LogP contribution < -0.4 is 0 Å². The molecule has 0 spiro atoms. The van der Waals surface area contributed by atoms with Gasteiger partial charge in [-0.2, -0.15) is 0 Å². The highest BCUT2D eigenvalue weighted by Gasteiger charge is 2.26. The lowest BCUT2D eigenvalue weighted by Gasteiger charge is -2.30. The molecule has 1 aromatic rings. The van der Waals surface area contributed by atoms with Gasteiger partial charge < -0.3 is 10.0 Å². The summed E-state index contributed by atoms with van der Waals surface area (Å²) >= 11 is 0. The summed E-state index contributed by atoms with van der Waals surface area (Å²) in [5.74, 6) is -2.46. The topological polar surface area (TPSA) is 40.5 Å². The number of hydrogen-bond donors (Lipinski definition) is 1. The average Bonchev–Trinajstić information content (AvgIpc) is 2.38. The van der Waals surface area contributed by atoms with Crippen LogP contribution in [-0.2, 0) is 0 Å². The Labute approximate surface area is 111 Å². The molecule has 1 amide bonds. The van der Waals surface area contributed by atoms with Gasteiger partial charge in [0.15, 0.2) is 0 Å². The fourth-order valence-corrected chi connectivity index (χ4v) is 2.13. The van der Waals surface area contributed by atoms with E-state index < -0.39 is 23.1 Å². The largest absolute Gasteiger partial charge is 0.395 e. The predicted octanol–water partition coefficient (Wildman–Crippen LogP) is 2.59. The molecule has 1 rings (SSSR count). The monoisotopic (exact) mass is 271 g/mol. The molecule has 0 unspecified atom stereocenters. The van der Waals surface area contributed by atoms with E-state index >= 15 is 0 Å². The summed E-state index contributed by atoms with van der Waals surface area (Å²) in [6.07, 6.45) is 1.33. The van der Waals surface area contributed by atoms with Gasteiger partial charge >= 0.3 is 0 Å². The Hall–Kier alpha value is -1.49. The van der Waals surface area contributed by atoms with Crippen LogP contribution in [0.15, 0.2) is 18.2 Å². The Kier molecular flexibility index (Phi) is 5.89. The van der Waals surface area contributed by atoms with Crippen molar-refractivity contribution in [3.63, 3.8) is 0 Å². The molecular weight excluding hydrogens is 252 g/mol. The zero-order valence-corrected chi connectivity index (χ0v) is 11.2. The van der Waals surface area contributed by atoms with Gasteiger partial charge in [-0.1, -0.05) is 19.9 Å². The van der Waals surface area contributed by atoms with Gasteiger partial charge in [-0.25, -0.2) is 8.78 Å². The smallest absolute Gasteiger partial charge is 0.260 e. The number of halogens is 2. The van der Waals surface area contributed by atoms with Crippen LogP contribution in [0.3, 0.4) is 0 Å². The third-order valence-electron chi connectivity index (χ3n) is 3.16. The van der Waals surface area contributed by atoms with Gasteiger partial charge in [0, 0.05) is 12.6 Å². The lowest BCUT2D eigenvalue weighted by atomic mass is 10.1. The molecule has 1 N–H and O–H groups in total. The molecule has 19 heavy (non-hydrogen) atoms. The Balaban J connectivity index is 3.12. The minimum Gasteiger partial charge on any atom is -0.395 e. The van der Waals surface area contributed by atoms with E-state index in [1.165, 1.54) is 11.0 Å². The van der Waals surface area contributed by atoms with Gasteiger partial charge in [0.05, 0.1) is 6.61 Å². The van der Waals surface area contributed by atoms with Crippen molar-refractivity contribution in [3.05, 3.63) is 35.4 Å². The van der Waals surface area contributed by atoms with Crippen molar-refractivity contribution in [1.82, 2.24) is 4.90 Å². The molecule has 0 radical (unpaired) electrons. The van der Waals surface area contributed by atoms with Crippen LogP contribution in [-0.4, -0.2) is 35.1 Å². The van der Waals surface area contributed by atoms with Crippen LogP contribution in [0, 0.1) is 11.6 Å². The summed E-state index contributed by atoms with van der Waals surface area (Å²) in [6, 6.07) is 3.19. The van der Waals surface area contributed by atoms with Crippen molar-refractivity contribution in [2.75, 3.05) is 13.2 Å². The van der Waals surface area contributed by atoms with Gasteiger partial charge in [-0.3, -0.25) is 4.79 Å². The zero-order valence-electron chi connectivity index (χ0n) is 11.2. The van der Waals surface area contributed by atoms with Crippen molar-refractivity contribution in [3.8, 4) is 0 Å². The summed E-state index contributed by atoms with van der Waals surface area (Å²) in [7, 11) is 0. The standard InChI is InChI=1S/C14H19F2NO2/c1-3-10(4-2)17(8-9-18)14(19)13-11(15)6-5-7-12(13)16/h5-7,10,18H,3-4,8-9H2,1-2H3. The van der Waals surface area contributed by atoms with Crippen LogP contribution in [0.1, 0.15) is 37.0 Å². The summed E-state index contributed by atoms with van der Waals surface area (Å²) in [6.45, 7) is 3.62. The second kappa shape index (κ2) is 7.19. The van der Waals surface area contributed by atoms with E-state index in [4.69, 9.17) is 5.11 Å². The lowest BCUT2D eigenvalue weighted by Crippen LogP contribution is -2.42.